The Balaban J connectivity index is 1.99. The molecule has 0 bridgehead atoms. The van der Waals surface area contributed by atoms with Crippen molar-refractivity contribution in [3.05, 3.63) is 12.2 Å². The minimum absolute atomic E-state index is 0.352. The molecule has 0 saturated carbocycles. The topological polar surface area (TPSA) is 63.6 Å². The highest BCUT2D eigenvalue weighted by atomic mass is 16.5. The van der Waals surface area contributed by atoms with Gasteiger partial charge in [-0.05, 0) is 18.6 Å². The predicted molar refractivity (Wildman–Crippen MR) is 110 cm³/mol. The normalized spacial score (nSPS) is 21.7. The van der Waals surface area contributed by atoms with Crippen LogP contribution in [0.1, 0.15) is 103 Å². The van der Waals surface area contributed by atoms with Crippen molar-refractivity contribution in [3.63, 3.8) is 0 Å². The molecule has 0 heterocycles. The fourth-order valence-corrected chi connectivity index (χ4v) is 3.93. The Labute approximate surface area is 165 Å². The lowest BCUT2D eigenvalue weighted by molar-refractivity contribution is -0.155. The zero-order chi connectivity index (χ0) is 20.0. The van der Waals surface area contributed by atoms with Gasteiger partial charge >= 0.3 is 5.97 Å². The van der Waals surface area contributed by atoms with Gasteiger partial charge in [-0.2, -0.15) is 0 Å². The van der Waals surface area contributed by atoms with E-state index in [9.17, 15) is 14.7 Å². The van der Waals surface area contributed by atoms with Crippen molar-refractivity contribution in [2.24, 2.45) is 5.92 Å². The van der Waals surface area contributed by atoms with Crippen LogP contribution in [0.15, 0.2) is 12.2 Å². The van der Waals surface area contributed by atoms with E-state index < -0.39 is 17.5 Å². The molecule has 0 fully saturated rings. The van der Waals surface area contributed by atoms with E-state index in [-0.39, 0.29) is 5.78 Å². The number of hydrogen-bond acceptors (Lipinski definition) is 4. The number of carbonyl (C=O) groups is 2. The van der Waals surface area contributed by atoms with E-state index in [1.54, 1.807) is 0 Å². The fraction of sp³-hybridized carbons (Fsp3) is 0.826. The second-order valence-corrected chi connectivity index (χ2v) is 8.03. The molecule has 0 spiro atoms. The van der Waals surface area contributed by atoms with Gasteiger partial charge in [-0.25, -0.2) is 0 Å². The van der Waals surface area contributed by atoms with Gasteiger partial charge < -0.3 is 9.84 Å². The van der Waals surface area contributed by atoms with E-state index in [4.69, 9.17) is 0 Å². The van der Waals surface area contributed by atoms with Crippen LogP contribution >= 0.6 is 0 Å². The molecule has 0 saturated heterocycles. The van der Waals surface area contributed by atoms with Crippen molar-refractivity contribution in [2.75, 3.05) is 7.11 Å². The molecule has 0 aromatic heterocycles. The number of esters is 1. The number of ketones is 1. The lowest BCUT2D eigenvalue weighted by Crippen LogP contribution is -2.41. The summed E-state index contributed by atoms with van der Waals surface area (Å²) < 4.78 is 4.66. The van der Waals surface area contributed by atoms with E-state index >= 15 is 0 Å². The molecule has 2 atom stereocenters. The summed E-state index contributed by atoms with van der Waals surface area (Å²) in [5, 5.41) is 10.6. The van der Waals surface area contributed by atoms with E-state index in [1.807, 2.05) is 0 Å². The number of ether oxygens (including phenoxy) is 1. The number of methoxy groups -OCH3 is 1. The first-order valence-electron chi connectivity index (χ1n) is 11.1. The standard InChI is InChI=1S/C23H40O4/c1-3-4-5-6-7-8-9-10-11-12-13-14-15-16-18-23(26)19-17-20(24)21(23)22(25)27-2/h17,19,21,26H,3-16,18H2,1-2H3/t21-,23-/m1/s1. The molecular weight excluding hydrogens is 340 g/mol. The van der Waals surface area contributed by atoms with Crippen LogP contribution in [0.25, 0.3) is 0 Å². The van der Waals surface area contributed by atoms with Gasteiger partial charge in [0.15, 0.2) is 11.7 Å². The summed E-state index contributed by atoms with van der Waals surface area (Å²) in [6, 6.07) is 0. The second kappa shape index (κ2) is 13.9. The summed E-state index contributed by atoms with van der Waals surface area (Å²) in [5.74, 6) is -2.07. The Morgan fingerprint density at radius 1 is 0.926 bits per heavy atom. The molecule has 0 aromatic rings. The van der Waals surface area contributed by atoms with Crippen LogP contribution in [0, 0.1) is 5.92 Å². The highest BCUT2D eigenvalue weighted by molar-refractivity contribution is 6.08. The number of unbranched alkanes of at least 4 members (excludes halogenated alkanes) is 13. The molecule has 0 unspecified atom stereocenters. The first-order chi connectivity index (χ1) is 13.0. The molecule has 1 aliphatic rings. The van der Waals surface area contributed by atoms with E-state index in [0.29, 0.717) is 6.42 Å². The first kappa shape index (κ1) is 23.9. The first-order valence-corrected chi connectivity index (χ1v) is 11.1. The lowest BCUT2D eigenvalue weighted by atomic mass is 9.85. The van der Waals surface area contributed by atoms with E-state index in [0.717, 1.165) is 19.3 Å². The Bertz CT molecular complexity index is 457. The summed E-state index contributed by atoms with van der Waals surface area (Å²) in [7, 11) is 1.25. The molecule has 4 nitrogen and oxygen atoms in total. The van der Waals surface area contributed by atoms with Crippen LogP contribution in [-0.4, -0.2) is 29.6 Å². The van der Waals surface area contributed by atoms with Crippen LogP contribution in [0.3, 0.4) is 0 Å². The zero-order valence-electron chi connectivity index (χ0n) is 17.5. The quantitative estimate of drug-likeness (QED) is 0.218. The monoisotopic (exact) mass is 380 g/mol. The van der Waals surface area contributed by atoms with Crippen LogP contribution in [0.5, 0.6) is 0 Å². The average molecular weight is 381 g/mol. The zero-order valence-corrected chi connectivity index (χ0v) is 17.5. The van der Waals surface area contributed by atoms with Crippen molar-refractivity contribution in [3.8, 4) is 0 Å². The fourth-order valence-electron chi connectivity index (χ4n) is 3.93. The van der Waals surface area contributed by atoms with Gasteiger partial charge in [-0.3, -0.25) is 9.59 Å². The number of aliphatic hydroxyl groups is 1. The number of hydrogen-bond donors (Lipinski definition) is 1. The molecule has 1 aliphatic carbocycles. The third kappa shape index (κ3) is 9.05. The Kier molecular flexibility index (Phi) is 12.3. The van der Waals surface area contributed by atoms with Gasteiger partial charge in [-0.1, -0.05) is 96.8 Å². The Hall–Kier alpha value is -1.16. The average Bonchev–Trinajstić information content (AvgIpc) is 2.96. The maximum atomic E-state index is 11.8. The maximum Gasteiger partial charge on any atom is 0.319 e. The van der Waals surface area contributed by atoms with Crippen LogP contribution in [0.4, 0.5) is 0 Å². The summed E-state index contributed by atoms with van der Waals surface area (Å²) in [6.07, 6.45) is 21.0. The van der Waals surface area contributed by atoms with Gasteiger partial charge in [0.1, 0.15) is 5.60 Å². The molecule has 0 radical (unpaired) electrons. The molecule has 0 aromatic carbocycles. The second-order valence-electron chi connectivity index (χ2n) is 8.03. The molecule has 156 valence electrons. The molecule has 0 aliphatic heterocycles. The maximum absolute atomic E-state index is 11.8. The van der Waals surface area contributed by atoms with E-state index in [1.165, 1.54) is 89.9 Å². The molecule has 1 rings (SSSR count). The molecule has 4 heteroatoms. The number of allylic oxidation sites excluding steroid dienone is 1. The Morgan fingerprint density at radius 3 is 1.81 bits per heavy atom. The predicted octanol–water partition coefficient (Wildman–Crippen LogP) is 5.52. The van der Waals surface area contributed by atoms with Gasteiger partial charge in [0.05, 0.1) is 7.11 Å². The van der Waals surface area contributed by atoms with Crippen molar-refractivity contribution in [2.45, 2.75) is 109 Å². The summed E-state index contributed by atoms with van der Waals surface area (Å²) in [5.41, 5.74) is -1.36. The van der Waals surface area contributed by atoms with E-state index in [2.05, 4.69) is 11.7 Å². The minimum Gasteiger partial charge on any atom is -0.468 e. The molecule has 0 amide bonds. The van der Waals surface area contributed by atoms with Crippen molar-refractivity contribution in [1.29, 1.82) is 0 Å². The van der Waals surface area contributed by atoms with Crippen molar-refractivity contribution >= 4 is 11.8 Å². The van der Waals surface area contributed by atoms with Crippen molar-refractivity contribution < 1.29 is 19.4 Å². The summed E-state index contributed by atoms with van der Waals surface area (Å²) in [6.45, 7) is 2.26. The largest absolute Gasteiger partial charge is 0.468 e. The molecule has 27 heavy (non-hydrogen) atoms. The van der Waals surface area contributed by atoms with Crippen LogP contribution in [-0.2, 0) is 14.3 Å². The van der Waals surface area contributed by atoms with Gasteiger partial charge in [0, 0.05) is 0 Å². The van der Waals surface area contributed by atoms with Crippen LogP contribution < -0.4 is 0 Å². The minimum atomic E-state index is -1.36. The SMILES string of the molecule is CCCCCCCCCCCCCCCC[C@@]1(O)C=CC(=O)[C@@H]1C(=O)OC. The van der Waals surface area contributed by atoms with Gasteiger partial charge in [0.2, 0.25) is 0 Å². The third-order valence-electron chi connectivity index (χ3n) is 5.69. The number of rotatable bonds is 16. The third-order valence-corrected chi connectivity index (χ3v) is 5.69. The molecular formula is C23H40O4. The smallest absolute Gasteiger partial charge is 0.319 e. The van der Waals surface area contributed by atoms with Gasteiger partial charge in [-0.15, -0.1) is 0 Å². The molecule has 1 N–H and O–H groups in total. The summed E-state index contributed by atoms with van der Waals surface area (Å²) in [4.78, 5) is 23.5. The number of carbonyl (C=O) groups excluding carboxylic acids is 2. The lowest BCUT2D eigenvalue weighted by Gasteiger charge is -2.26. The van der Waals surface area contributed by atoms with Gasteiger partial charge in [0.25, 0.3) is 0 Å². The van der Waals surface area contributed by atoms with Crippen molar-refractivity contribution in [1.82, 2.24) is 0 Å². The highest BCUT2D eigenvalue weighted by Crippen LogP contribution is 2.33. The van der Waals surface area contributed by atoms with Crippen LogP contribution in [0.2, 0.25) is 0 Å². The Morgan fingerprint density at radius 2 is 1.37 bits per heavy atom. The summed E-state index contributed by atoms with van der Waals surface area (Å²) >= 11 is 0. The highest BCUT2D eigenvalue weighted by Gasteiger charge is 2.47.